The van der Waals surface area contributed by atoms with Crippen LogP contribution in [-0.2, 0) is 4.79 Å². The van der Waals surface area contributed by atoms with Crippen molar-refractivity contribution < 1.29 is 4.79 Å². The van der Waals surface area contributed by atoms with Crippen LogP contribution in [0.2, 0.25) is 0 Å². The first-order chi connectivity index (χ1) is 13.1. The smallest absolute Gasteiger partial charge is 0.168 e. The summed E-state index contributed by atoms with van der Waals surface area (Å²) in [7, 11) is 0. The molecule has 0 saturated heterocycles. The normalized spacial score (nSPS) is 20.4. The lowest BCUT2D eigenvalue weighted by molar-refractivity contribution is -0.120. The van der Waals surface area contributed by atoms with Crippen molar-refractivity contribution in [3.8, 4) is 0 Å². The highest BCUT2D eigenvalue weighted by atomic mass is 16.1. The van der Waals surface area contributed by atoms with Gasteiger partial charge in [0.2, 0.25) is 0 Å². The van der Waals surface area contributed by atoms with E-state index in [1.165, 1.54) is 19.0 Å². The van der Waals surface area contributed by atoms with E-state index in [4.69, 9.17) is 0 Å². The van der Waals surface area contributed by atoms with E-state index in [2.05, 4.69) is 42.6 Å². The summed E-state index contributed by atoms with van der Waals surface area (Å²) in [5.41, 5.74) is 3.55. The monoisotopic (exact) mass is 369 g/mol. The maximum absolute atomic E-state index is 12.8. The fourth-order valence-electron chi connectivity index (χ4n) is 3.63. The Kier molecular flexibility index (Phi) is 8.73. The van der Waals surface area contributed by atoms with Gasteiger partial charge in [0.25, 0.3) is 0 Å². The Morgan fingerprint density at radius 1 is 1.30 bits per heavy atom. The number of hydrogen-bond acceptors (Lipinski definition) is 4. The number of Topliss-reactive ketones (excluding diaryl/α,β-unsaturated/α-hetero) is 1. The Morgan fingerprint density at radius 3 is 2.56 bits per heavy atom. The Balaban J connectivity index is 2.08. The van der Waals surface area contributed by atoms with Crippen molar-refractivity contribution in [2.45, 2.75) is 52.9 Å². The molecule has 1 saturated carbocycles. The van der Waals surface area contributed by atoms with Gasteiger partial charge in [-0.25, -0.2) is 0 Å². The van der Waals surface area contributed by atoms with Crippen molar-refractivity contribution in [3.63, 3.8) is 0 Å². The molecule has 4 nitrogen and oxygen atoms in total. The van der Waals surface area contributed by atoms with Gasteiger partial charge < -0.3 is 10.2 Å². The molecule has 0 amide bonds. The van der Waals surface area contributed by atoms with Crippen LogP contribution in [0.5, 0.6) is 0 Å². The SMILES string of the molecule is C=C/N=C1/C(C(=O)C2CCC2)=CC=C/C1=C(/C)NCCN(CCC)CCC. The summed E-state index contributed by atoms with van der Waals surface area (Å²) in [6, 6.07) is 0. The number of nitrogens with one attached hydrogen (secondary N) is 1. The summed E-state index contributed by atoms with van der Waals surface area (Å²) in [6.45, 7) is 14.4. The van der Waals surface area contributed by atoms with Gasteiger partial charge >= 0.3 is 0 Å². The maximum Gasteiger partial charge on any atom is 0.168 e. The average Bonchev–Trinajstić information content (AvgIpc) is 2.61. The van der Waals surface area contributed by atoms with Crippen LogP contribution in [0.15, 0.2) is 52.8 Å². The summed E-state index contributed by atoms with van der Waals surface area (Å²) < 4.78 is 0. The fourth-order valence-corrected chi connectivity index (χ4v) is 3.63. The van der Waals surface area contributed by atoms with Gasteiger partial charge in [-0.1, -0.05) is 39.0 Å². The van der Waals surface area contributed by atoms with Gasteiger partial charge in [-0.15, -0.1) is 0 Å². The number of rotatable bonds is 11. The summed E-state index contributed by atoms with van der Waals surface area (Å²) in [6.07, 6.45) is 13.0. The van der Waals surface area contributed by atoms with E-state index in [1.54, 1.807) is 0 Å². The number of allylic oxidation sites excluding steroid dienone is 6. The van der Waals surface area contributed by atoms with E-state index >= 15 is 0 Å². The minimum Gasteiger partial charge on any atom is -0.387 e. The van der Waals surface area contributed by atoms with Crippen LogP contribution in [0.3, 0.4) is 0 Å². The van der Waals surface area contributed by atoms with Crippen LogP contribution in [0, 0.1) is 5.92 Å². The quantitative estimate of drug-likeness (QED) is 0.586. The predicted octanol–water partition coefficient (Wildman–Crippen LogP) is 4.42. The largest absolute Gasteiger partial charge is 0.387 e. The molecule has 4 heteroatoms. The Morgan fingerprint density at radius 2 is 2.00 bits per heavy atom. The molecular weight excluding hydrogens is 334 g/mol. The molecule has 0 aromatic rings. The molecule has 1 fully saturated rings. The molecule has 0 aliphatic heterocycles. The highest BCUT2D eigenvalue weighted by molar-refractivity contribution is 6.31. The third kappa shape index (κ3) is 5.77. The van der Waals surface area contributed by atoms with Gasteiger partial charge in [0, 0.05) is 42.1 Å². The zero-order valence-electron chi connectivity index (χ0n) is 17.3. The molecule has 2 rings (SSSR count). The van der Waals surface area contributed by atoms with E-state index < -0.39 is 0 Å². The minimum atomic E-state index is 0.170. The average molecular weight is 370 g/mol. The van der Waals surface area contributed by atoms with E-state index in [1.807, 2.05) is 18.2 Å². The Bertz CT molecular complexity index is 645. The van der Waals surface area contributed by atoms with E-state index in [9.17, 15) is 4.79 Å². The zero-order chi connectivity index (χ0) is 19.6. The van der Waals surface area contributed by atoms with Crippen LogP contribution >= 0.6 is 0 Å². The van der Waals surface area contributed by atoms with Crippen molar-refractivity contribution in [1.82, 2.24) is 10.2 Å². The third-order valence-electron chi connectivity index (χ3n) is 5.30. The number of aliphatic imine (C=N–C) groups is 1. The van der Waals surface area contributed by atoms with Gasteiger partial charge in [-0.05, 0) is 51.8 Å². The van der Waals surface area contributed by atoms with Crippen LogP contribution in [-0.4, -0.2) is 42.6 Å². The number of carbonyl (C=O) groups excluding carboxylic acids is 1. The van der Waals surface area contributed by atoms with Gasteiger partial charge in [0.05, 0.1) is 5.71 Å². The second-order valence-electron chi connectivity index (χ2n) is 7.40. The second-order valence-corrected chi connectivity index (χ2v) is 7.40. The first-order valence-corrected chi connectivity index (χ1v) is 10.4. The van der Waals surface area contributed by atoms with E-state index in [0.29, 0.717) is 0 Å². The lowest BCUT2D eigenvalue weighted by Gasteiger charge is -2.27. The maximum atomic E-state index is 12.8. The van der Waals surface area contributed by atoms with Crippen molar-refractivity contribution in [1.29, 1.82) is 0 Å². The molecule has 0 spiro atoms. The van der Waals surface area contributed by atoms with Gasteiger partial charge in [-0.2, -0.15) is 0 Å². The minimum absolute atomic E-state index is 0.170. The number of ketones is 1. The highest BCUT2D eigenvalue weighted by Crippen LogP contribution is 2.32. The summed E-state index contributed by atoms with van der Waals surface area (Å²) in [4.78, 5) is 19.8. The molecule has 0 heterocycles. The summed E-state index contributed by atoms with van der Waals surface area (Å²) in [5, 5.41) is 3.54. The Hall–Kier alpha value is -1.94. The molecule has 2 aliphatic carbocycles. The zero-order valence-corrected chi connectivity index (χ0v) is 17.3. The molecule has 0 aromatic carbocycles. The van der Waals surface area contributed by atoms with Gasteiger partial charge in [0.1, 0.15) is 0 Å². The summed E-state index contributed by atoms with van der Waals surface area (Å²) in [5.74, 6) is 0.400. The molecule has 148 valence electrons. The van der Waals surface area contributed by atoms with Crippen LogP contribution in [0.1, 0.15) is 52.9 Å². The van der Waals surface area contributed by atoms with E-state index in [0.717, 1.165) is 68.0 Å². The van der Waals surface area contributed by atoms with Crippen LogP contribution < -0.4 is 5.32 Å². The van der Waals surface area contributed by atoms with Crippen molar-refractivity contribution in [2.75, 3.05) is 26.2 Å². The molecule has 1 N–H and O–H groups in total. The fraction of sp³-hybridized carbons (Fsp3) is 0.565. The van der Waals surface area contributed by atoms with E-state index in [-0.39, 0.29) is 11.7 Å². The van der Waals surface area contributed by atoms with Crippen molar-refractivity contribution in [3.05, 3.63) is 47.9 Å². The van der Waals surface area contributed by atoms with Crippen molar-refractivity contribution in [2.24, 2.45) is 10.9 Å². The predicted molar refractivity (Wildman–Crippen MR) is 115 cm³/mol. The molecule has 0 radical (unpaired) electrons. The molecule has 2 aliphatic rings. The lowest BCUT2D eigenvalue weighted by atomic mass is 9.77. The molecule has 0 atom stereocenters. The van der Waals surface area contributed by atoms with Crippen LogP contribution in [0.25, 0.3) is 0 Å². The number of nitrogens with zero attached hydrogens (tertiary/aromatic N) is 2. The Labute approximate surface area is 164 Å². The molecular formula is C23H35N3O. The topological polar surface area (TPSA) is 44.7 Å². The van der Waals surface area contributed by atoms with Gasteiger partial charge in [-0.3, -0.25) is 9.79 Å². The van der Waals surface area contributed by atoms with Crippen molar-refractivity contribution >= 4 is 11.5 Å². The standard InChI is InChI=1S/C23H35N3O/c1-5-15-26(16-6-2)17-14-25-18(4)20-12-9-13-21(22(20)24-7-3)23(27)19-10-8-11-19/h7,9,12-13,19,25H,3,5-6,8,10-11,14-17H2,1-2,4H3/b20-18+,24-22+. The number of carbonyl (C=O) groups is 1. The lowest BCUT2D eigenvalue weighted by Crippen LogP contribution is -2.34. The third-order valence-corrected chi connectivity index (χ3v) is 5.30. The highest BCUT2D eigenvalue weighted by Gasteiger charge is 2.31. The molecule has 0 aromatic heterocycles. The number of hydrogen-bond donors (Lipinski definition) is 1. The second kappa shape index (κ2) is 11.0. The molecule has 0 bridgehead atoms. The summed E-state index contributed by atoms with van der Waals surface area (Å²) >= 11 is 0. The van der Waals surface area contributed by atoms with Gasteiger partial charge in [0.15, 0.2) is 5.78 Å². The molecule has 0 unspecified atom stereocenters. The molecule has 27 heavy (non-hydrogen) atoms. The van der Waals surface area contributed by atoms with Crippen LogP contribution in [0.4, 0.5) is 0 Å². The first kappa shape index (κ1) is 21.4. The first-order valence-electron chi connectivity index (χ1n) is 10.4.